The van der Waals surface area contributed by atoms with Crippen LogP contribution in [0.4, 0.5) is 0 Å². The fourth-order valence-electron chi connectivity index (χ4n) is 6.58. The number of aliphatic carboxylic acids is 1. The summed E-state index contributed by atoms with van der Waals surface area (Å²) in [6, 6.07) is 26.1. The van der Waals surface area contributed by atoms with Crippen molar-refractivity contribution in [1.82, 2.24) is 20.6 Å². The summed E-state index contributed by atoms with van der Waals surface area (Å²) in [5.74, 6) is 0.210. The van der Waals surface area contributed by atoms with Crippen LogP contribution in [0.15, 0.2) is 94.7 Å². The van der Waals surface area contributed by atoms with Gasteiger partial charge < -0.3 is 25.0 Å². The number of aliphatic imine (C=N–C) groups is 1. The van der Waals surface area contributed by atoms with Crippen LogP contribution in [0.1, 0.15) is 52.8 Å². The first kappa shape index (κ1) is 37.0. The van der Waals surface area contributed by atoms with E-state index in [1.807, 2.05) is 24.3 Å². The molecule has 2 atom stereocenters. The number of aliphatic hydroxyl groups is 1. The largest absolute Gasteiger partial charge is 0.480 e. The highest BCUT2D eigenvalue weighted by Gasteiger charge is 2.33. The van der Waals surface area contributed by atoms with Gasteiger partial charge in [-0.3, -0.25) is 20.1 Å². The fourth-order valence-corrected chi connectivity index (χ4v) is 7.38. The lowest BCUT2D eigenvalue weighted by molar-refractivity contribution is -0.145. The molecule has 0 bridgehead atoms. The van der Waals surface area contributed by atoms with Gasteiger partial charge in [0.2, 0.25) is 11.8 Å². The summed E-state index contributed by atoms with van der Waals surface area (Å²) < 4.78 is 13.3. The highest BCUT2D eigenvalue weighted by Crippen LogP contribution is 2.44. The Kier molecular flexibility index (Phi) is 10.9. The van der Waals surface area contributed by atoms with E-state index >= 15 is 0 Å². The van der Waals surface area contributed by atoms with E-state index in [4.69, 9.17) is 26.1 Å². The zero-order valence-corrected chi connectivity index (χ0v) is 31.6. The van der Waals surface area contributed by atoms with Crippen LogP contribution in [-0.4, -0.2) is 57.2 Å². The van der Waals surface area contributed by atoms with Crippen molar-refractivity contribution in [3.63, 3.8) is 0 Å². The van der Waals surface area contributed by atoms with Crippen molar-refractivity contribution >= 4 is 39.3 Å². The van der Waals surface area contributed by atoms with Crippen molar-refractivity contribution in [2.24, 2.45) is 4.99 Å². The molecule has 0 spiro atoms. The molecule has 11 nitrogen and oxygen atoms in total. The summed E-state index contributed by atoms with van der Waals surface area (Å²) in [7, 11) is 0. The smallest absolute Gasteiger partial charge is 0.326 e. The van der Waals surface area contributed by atoms with Gasteiger partial charge in [0.1, 0.15) is 30.2 Å². The fraction of sp³-hybridized carbons (Fsp3) is 0.244. The van der Waals surface area contributed by atoms with E-state index < -0.39 is 18.1 Å². The zero-order valence-electron chi connectivity index (χ0n) is 29.3. The molecule has 0 saturated heterocycles. The molecule has 2 aliphatic rings. The Morgan fingerprint density at radius 1 is 1.07 bits per heavy atom. The second-order valence-electron chi connectivity index (χ2n) is 13.3. The summed E-state index contributed by atoms with van der Waals surface area (Å²) in [6.07, 6.45) is 4.21. The number of hydrogen-bond donors (Lipinski definition) is 4. The van der Waals surface area contributed by atoms with E-state index in [1.54, 1.807) is 18.3 Å². The van der Waals surface area contributed by atoms with Crippen LogP contribution in [-0.2, 0) is 24.4 Å². The molecular formula is C41H36BrClN6O5. The molecule has 0 unspecified atom stereocenters. The molecule has 3 aromatic carbocycles. The maximum Gasteiger partial charge on any atom is 0.326 e. The van der Waals surface area contributed by atoms with Crippen molar-refractivity contribution in [1.29, 1.82) is 5.26 Å². The lowest BCUT2D eigenvalue weighted by atomic mass is 9.93. The molecule has 1 aliphatic heterocycles. The SMILES string of the molecule is C[C@@](CO)(NCc1cc(Br)c(O[C@H]2CCc3c(-c4cccc(-c5ccc(C6=NCCN6)cc5)c4Cl)cccc32)nc1OCc1cncc(C#N)c1)C(=O)O. The number of amidine groups is 1. The molecule has 1 aliphatic carbocycles. The second kappa shape index (κ2) is 16.0. The second-order valence-corrected chi connectivity index (χ2v) is 14.5. The van der Waals surface area contributed by atoms with Gasteiger partial charge in [-0.15, -0.1) is 0 Å². The van der Waals surface area contributed by atoms with Crippen LogP contribution in [0.3, 0.4) is 0 Å². The number of nitrogens with one attached hydrogen (secondary N) is 2. The predicted molar refractivity (Wildman–Crippen MR) is 209 cm³/mol. The summed E-state index contributed by atoms with van der Waals surface area (Å²) in [5.41, 5.74) is 7.15. The van der Waals surface area contributed by atoms with Crippen LogP contribution in [0.2, 0.25) is 5.02 Å². The summed E-state index contributed by atoms with van der Waals surface area (Å²) >= 11 is 10.8. The lowest BCUT2D eigenvalue weighted by Gasteiger charge is -2.24. The molecule has 13 heteroatoms. The average Bonchev–Trinajstić information content (AvgIpc) is 3.89. The monoisotopic (exact) mass is 806 g/mol. The Balaban J connectivity index is 1.16. The van der Waals surface area contributed by atoms with E-state index in [9.17, 15) is 20.3 Å². The highest BCUT2D eigenvalue weighted by molar-refractivity contribution is 9.10. The highest BCUT2D eigenvalue weighted by atomic mass is 79.9. The number of carbonyl (C=O) groups is 1. The van der Waals surface area contributed by atoms with Crippen LogP contribution < -0.4 is 20.1 Å². The van der Waals surface area contributed by atoms with Gasteiger partial charge in [-0.05, 0) is 70.1 Å². The zero-order chi connectivity index (χ0) is 37.8. The lowest BCUT2D eigenvalue weighted by Crippen LogP contribution is -2.52. The number of aliphatic hydroxyl groups excluding tert-OH is 1. The van der Waals surface area contributed by atoms with E-state index in [1.165, 1.54) is 13.1 Å². The molecule has 3 heterocycles. The Morgan fingerprint density at radius 2 is 1.83 bits per heavy atom. The van der Waals surface area contributed by atoms with Crippen molar-refractivity contribution in [3.8, 4) is 40.1 Å². The third-order valence-electron chi connectivity index (χ3n) is 9.64. The van der Waals surface area contributed by atoms with E-state index in [0.717, 1.165) is 64.3 Å². The van der Waals surface area contributed by atoms with Gasteiger partial charge in [0.05, 0.1) is 28.2 Å². The maximum atomic E-state index is 11.9. The van der Waals surface area contributed by atoms with Gasteiger partial charge in [-0.25, -0.2) is 0 Å². The van der Waals surface area contributed by atoms with Crippen LogP contribution in [0, 0.1) is 11.3 Å². The van der Waals surface area contributed by atoms with Gasteiger partial charge in [0.25, 0.3) is 0 Å². The molecule has 0 saturated carbocycles. The predicted octanol–water partition coefficient (Wildman–Crippen LogP) is 7.02. The molecule has 0 fully saturated rings. The standard InChI is InChI=1S/C41H36BrClN6O5/c1-41(23-50,40(51)52)48-21-28-17-34(42)39(49-38(28)53-22-25-16-24(18-44)19-45-20-25)54-35-13-12-31-30(5-3-6-32(31)35)33-7-2-4-29(36(33)43)26-8-10-27(11-9-26)37-46-14-15-47-37/h2-11,16-17,19-20,35,48,50H,12-15,21-23H2,1H3,(H,46,47)(H,51,52)/t35-,41-/m0/s1. The summed E-state index contributed by atoms with van der Waals surface area (Å²) in [6.45, 7) is 2.48. The normalized spacial score (nSPS) is 15.8. The van der Waals surface area contributed by atoms with Gasteiger partial charge in [0.15, 0.2) is 0 Å². The molecule has 54 heavy (non-hydrogen) atoms. The molecular weight excluding hydrogens is 772 g/mol. The minimum atomic E-state index is -1.59. The number of rotatable bonds is 13. The van der Waals surface area contributed by atoms with Gasteiger partial charge >= 0.3 is 5.97 Å². The van der Waals surface area contributed by atoms with Gasteiger partial charge in [0, 0.05) is 53.3 Å². The number of hydrogen-bond acceptors (Lipinski definition) is 10. The number of nitrogens with zero attached hydrogens (tertiary/aromatic N) is 4. The van der Waals surface area contributed by atoms with Crippen molar-refractivity contribution in [3.05, 3.63) is 128 Å². The van der Waals surface area contributed by atoms with Crippen LogP contribution >= 0.6 is 27.5 Å². The molecule has 5 aromatic rings. The third kappa shape index (κ3) is 7.67. The minimum absolute atomic E-state index is 0.0210. The molecule has 2 aromatic heterocycles. The summed E-state index contributed by atoms with van der Waals surface area (Å²) in [5, 5.41) is 35.7. The molecule has 0 radical (unpaired) electrons. The minimum Gasteiger partial charge on any atom is -0.480 e. The number of ether oxygens (including phenoxy) is 2. The molecule has 0 amide bonds. The average molecular weight is 808 g/mol. The van der Waals surface area contributed by atoms with Gasteiger partial charge in [-0.2, -0.15) is 10.2 Å². The number of halogens is 2. The van der Waals surface area contributed by atoms with Crippen molar-refractivity contribution in [2.45, 2.75) is 44.6 Å². The Labute approximate surface area is 325 Å². The number of pyridine rings is 2. The summed E-state index contributed by atoms with van der Waals surface area (Å²) in [4.78, 5) is 25.2. The van der Waals surface area contributed by atoms with Crippen LogP contribution in [0.25, 0.3) is 22.3 Å². The van der Waals surface area contributed by atoms with Crippen molar-refractivity contribution < 1.29 is 24.5 Å². The number of aromatic nitrogens is 2. The first-order valence-electron chi connectivity index (χ1n) is 17.4. The Morgan fingerprint density at radius 3 is 2.57 bits per heavy atom. The topological polar surface area (TPSA) is 162 Å². The van der Waals surface area contributed by atoms with Crippen LogP contribution in [0.5, 0.6) is 11.8 Å². The Hall–Kier alpha value is -5.32. The quantitative estimate of drug-likeness (QED) is 0.0974. The number of carboxylic acids is 1. The maximum absolute atomic E-state index is 11.9. The number of benzene rings is 3. The third-order valence-corrected chi connectivity index (χ3v) is 10.6. The molecule has 7 rings (SSSR count). The number of nitriles is 1. The Bertz CT molecular complexity index is 2300. The first-order valence-corrected chi connectivity index (χ1v) is 18.6. The van der Waals surface area contributed by atoms with Crippen molar-refractivity contribution in [2.75, 3.05) is 19.7 Å². The number of carboxylic acid groups (broad SMARTS) is 1. The van der Waals surface area contributed by atoms with E-state index in [0.29, 0.717) is 38.5 Å². The molecule has 274 valence electrons. The van der Waals surface area contributed by atoms with Gasteiger partial charge in [-0.1, -0.05) is 72.3 Å². The van der Waals surface area contributed by atoms with E-state index in [2.05, 4.69) is 79.0 Å². The first-order chi connectivity index (χ1) is 26.2. The molecule has 4 N–H and O–H groups in total. The van der Waals surface area contributed by atoms with E-state index in [-0.39, 0.29) is 25.1 Å². The number of fused-ring (bicyclic) bond motifs is 1.